The smallest absolute Gasteiger partial charge is 0.146 e. The summed E-state index contributed by atoms with van der Waals surface area (Å²) in [4.78, 5) is 15.0. The van der Waals surface area contributed by atoms with E-state index in [1.165, 1.54) is 22.2 Å². The average Bonchev–Trinajstić information content (AvgIpc) is 3.31. The molecule has 7 heteroatoms. The summed E-state index contributed by atoms with van der Waals surface area (Å²) in [5.41, 5.74) is 1.45. The summed E-state index contributed by atoms with van der Waals surface area (Å²) in [5, 5.41) is 4.88. The second-order valence-electron chi connectivity index (χ2n) is 8.72. The zero-order valence-electron chi connectivity index (χ0n) is 18.0. The van der Waals surface area contributed by atoms with Gasteiger partial charge in [0.15, 0.2) is 0 Å². The molecule has 0 amide bonds. The van der Waals surface area contributed by atoms with Gasteiger partial charge in [0.25, 0.3) is 0 Å². The van der Waals surface area contributed by atoms with E-state index in [9.17, 15) is 0 Å². The van der Waals surface area contributed by atoms with Crippen molar-refractivity contribution in [1.82, 2.24) is 14.9 Å². The highest BCUT2D eigenvalue weighted by Gasteiger charge is 2.25. The molecule has 30 heavy (non-hydrogen) atoms. The summed E-state index contributed by atoms with van der Waals surface area (Å²) in [5.74, 6) is 4.46. The number of morpholine rings is 1. The molecule has 0 radical (unpaired) electrons. The number of rotatable bonds is 5. The lowest BCUT2D eigenvalue weighted by Crippen LogP contribution is -2.36. The Morgan fingerprint density at radius 1 is 1.27 bits per heavy atom. The molecular weight excluding hydrogens is 396 g/mol. The second-order valence-corrected chi connectivity index (χ2v) is 9.81. The molecule has 0 saturated carbocycles. The number of aromatic nitrogens is 2. The molecule has 4 heterocycles. The minimum absolute atomic E-state index is 0.0473. The fourth-order valence-corrected chi connectivity index (χ4v) is 5.88. The Balaban J connectivity index is 1.52. The standard InChI is InChI=1S/C23H30N4O2S/c1-14-4-6-17-19(12-14)30-23-21(17)22(24-16(3)18-7-5-15(2)29-18)25-20(26-23)13-27-8-10-28-11-9-27/h5,7,14,16H,4,6,8-13H2,1-3H3,(H,24,25,26)/t14-,16+/m1/s1. The highest BCUT2D eigenvalue weighted by Crippen LogP contribution is 2.41. The molecule has 0 spiro atoms. The van der Waals surface area contributed by atoms with Gasteiger partial charge < -0.3 is 14.5 Å². The van der Waals surface area contributed by atoms with Crippen molar-refractivity contribution in [2.75, 3.05) is 31.6 Å². The first-order valence-corrected chi connectivity index (χ1v) is 11.8. The summed E-state index contributed by atoms with van der Waals surface area (Å²) in [6, 6.07) is 4.11. The number of furan rings is 1. The minimum atomic E-state index is 0.0473. The van der Waals surface area contributed by atoms with Crippen molar-refractivity contribution >= 4 is 27.4 Å². The van der Waals surface area contributed by atoms with Crippen LogP contribution < -0.4 is 5.32 Å². The molecule has 6 nitrogen and oxygen atoms in total. The first kappa shape index (κ1) is 20.0. The van der Waals surface area contributed by atoms with E-state index in [2.05, 4.69) is 24.1 Å². The average molecular weight is 427 g/mol. The third-order valence-electron chi connectivity index (χ3n) is 6.21. The Morgan fingerprint density at radius 2 is 2.10 bits per heavy atom. The third kappa shape index (κ3) is 3.98. The largest absolute Gasteiger partial charge is 0.464 e. The maximum Gasteiger partial charge on any atom is 0.146 e. The van der Waals surface area contributed by atoms with Gasteiger partial charge in [-0.2, -0.15) is 0 Å². The first-order chi connectivity index (χ1) is 14.6. The minimum Gasteiger partial charge on any atom is -0.464 e. The molecule has 3 aromatic rings. The molecule has 1 aliphatic heterocycles. The van der Waals surface area contributed by atoms with Gasteiger partial charge >= 0.3 is 0 Å². The number of aryl methyl sites for hydroxylation is 2. The number of fused-ring (bicyclic) bond motifs is 3. The van der Waals surface area contributed by atoms with E-state index < -0.39 is 0 Å². The quantitative estimate of drug-likeness (QED) is 0.637. The Labute approximate surface area is 181 Å². The number of hydrogen-bond acceptors (Lipinski definition) is 7. The van der Waals surface area contributed by atoms with E-state index in [0.717, 1.165) is 79.6 Å². The van der Waals surface area contributed by atoms with Crippen molar-refractivity contribution in [3.63, 3.8) is 0 Å². The number of ether oxygens (including phenoxy) is 1. The van der Waals surface area contributed by atoms with Gasteiger partial charge in [0.2, 0.25) is 0 Å². The van der Waals surface area contributed by atoms with Gasteiger partial charge in [-0.15, -0.1) is 11.3 Å². The zero-order valence-corrected chi connectivity index (χ0v) is 18.8. The number of thiophene rings is 1. The molecule has 5 rings (SSSR count). The summed E-state index contributed by atoms with van der Waals surface area (Å²) in [7, 11) is 0. The van der Waals surface area contributed by atoms with Gasteiger partial charge in [0.05, 0.1) is 31.2 Å². The summed E-state index contributed by atoms with van der Waals surface area (Å²) >= 11 is 1.86. The molecule has 0 aromatic carbocycles. The normalized spacial score (nSPS) is 21.0. The highest BCUT2D eigenvalue weighted by atomic mass is 32.1. The lowest BCUT2D eigenvalue weighted by atomic mass is 9.89. The molecule has 3 aromatic heterocycles. The van der Waals surface area contributed by atoms with Crippen molar-refractivity contribution in [2.45, 2.75) is 52.6 Å². The number of anilines is 1. The Hall–Kier alpha value is -1.96. The third-order valence-corrected chi connectivity index (χ3v) is 7.36. The van der Waals surface area contributed by atoms with Gasteiger partial charge in [0.1, 0.15) is 28.0 Å². The second kappa shape index (κ2) is 8.29. The summed E-state index contributed by atoms with van der Waals surface area (Å²) in [6.07, 6.45) is 3.51. The molecule has 1 saturated heterocycles. The van der Waals surface area contributed by atoms with Crippen LogP contribution in [0.1, 0.15) is 54.1 Å². The van der Waals surface area contributed by atoms with Crippen LogP contribution in [-0.2, 0) is 24.1 Å². The SMILES string of the molecule is Cc1ccc([C@H](C)Nc2nc(CN3CCOCC3)nc3sc4c(c23)CC[C@@H](C)C4)o1. The van der Waals surface area contributed by atoms with E-state index in [1.807, 2.05) is 30.4 Å². The molecule has 2 atom stereocenters. The van der Waals surface area contributed by atoms with Crippen molar-refractivity contribution in [3.8, 4) is 0 Å². The molecule has 160 valence electrons. The van der Waals surface area contributed by atoms with E-state index >= 15 is 0 Å². The molecule has 1 aliphatic carbocycles. The van der Waals surface area contributed by atoms with Crippen LogP contribution in [0.25, 0.3) is 10.2 Å². The molecule has 0 unspecified atom stereocenters. The Bertz CT molecular complexity index is 1040. The molecular formula is C23H30N4O2S. The predicted octanol–water partition coefficient (Wildman–Crippen LogP) is 4.72. The van der Waals surface area contributed by atoms with Crippen molar-refractivity contribution in [3.05, 3.63) is 39.9 Å². The molecule has 1 fully saturated rings. The van der Waals surface area contributed by atoms with Gasteiger partial charge in [-0.1, -0.05) is 6.92 Å². The maximum atomic E-state index is 5.86. The van der Waals surface area contributed by atoms with Gasteiger partial charge in [-0.25, -0.2) is 9.97 Å². The zero-order chi connectivity index (χ0) is 20.7. The topological polar surface area (TPSA) is 63.4 Å². The van der Waals surface area contributed by atoms with Gasteiger partial charge in [-0.05, 0) is 56.7 Å². The van der Waals surface area contributed by atoms with Crippen LogP contribution in [0.3, 0.4) is 0 Å². The Kier molecular flexibility index (Phi) is 5.52. The number of hydrogen-bond donors (Lipinski definition) is 1. The maximum absolute atomic E-state index is 5.86. The van der Waals surface area contributed by atoms with Crippen LogP contribution in [0.2, 0.25) is 0 Å². The van der Waals surface area contributed by atoms with E-state index in [0.29, 0.717) is 0 Å². The van der Waals surface area contributed by atoms with Gasteiger partial charge in [-0.3, -0.25) is 4.90 Å². The van der Waals surface area contributed by atoms with E-state index in [-0.39, 0.29) is 6.04 Å². The van der Waals surface area contributed by atoms with Crippen LogP contribution in [0.5, 0.6) is 0 Å². The molecule has 2 aliphatic rings. The Morgan fingerprint density at radius 3 is 2.87 bits per heavy atom. The summed E-state index contributed by atoms with van der Waals surface area (Å²) in [6.45, 7) is 10.7. The predicted molar refractivity (Wildman–Crippen MR) is 120 cm³/mol. The van der Waals surface area contributed by atoms with Crippen LogP contribution in [0, 0.1) is 12.8 Å². The number of nitrogens with one attached hydrogen (secondary N) is 1. The number of nitrogens with zero attached hydrogens (tertiary/aromatic N) is 3. The van der Waals surface area contributed by atoms with E-state index in [1.54, 1.807) is 0 Å². The van der Waals surface area contributed by atoms with Gasteiger partial charge in [0, 0.05) is 18.0 Å². The monoisotopic (exact) mass is 426 g/mol. The fraction of sp³-hybridized carbons (Fsp3) is 0.565. The highest BCUT2D eigenvalue weighted by molar-refractivity contribution is 7.19. The molecule has 0 bridgehead atoms. The lowest BCUT2D eigenvalue weighted by molar-refractivity contribution is 0.0331. The lowest BCUT2D eigenvalue weighted by Gasteiger charge is -2.26. The summed E-state index contributed by atoms with van der Waals surface area (Å²) < 4.78 is 11.4. The first-order valence-electron chi connectivity index (χ1n) is 11.0. The van der Waals surface area contributed by atoms with Crippen LogP contribution >= 0.6 is 11.3 Å². The van der Waals surface area contributed by atoms with Crippen molar-refractivity contribution in [2.24, 2.45) is 5.92 Å². The van der Waals surface area contributed by atoms with Crippen LogP contribution in [0.4, 0.5) is 5.82 Å². The van der Waals surface area contributed by atoms with E-state index in [4.69, 9.17) is 19.1 Å². The van der Waals surface area contributed by atoms with Crippen LogP contribution in [0.15, 0.2) is 16.5 Å². The van der Waals surface area contributed by atoms with Crippen LogP contribution in [-0.4, -0.2) is 41.2 Å². The fourth-order valence-electron chi connectivity index (χ4n) is 4.48. The molecule has 1 N–H and O–H groups in total. The van der Waals surface area contributed by atoms with Crippen molar-refractivity contribution in [1.29, 1.82) is 0 Å². The van der Waals surface area contributed by atoms with Crippen molar-refractivity contribution < 1.29 is 9.15 Å².